The van der Waals surface area contributed by atoms with Gasteiger partial charge in [-0.1, -0.05) is 29.8 Å². The molecule has 0 aliphatic carbocycles. The van der Waals surface area contributed by atoms with Crippen molar-refractivity contribution < 1.29 is 14.7 Å². The van der Waals surface area contributed by atoms with Crippen LogP contribution < -0.4 is 0 Å². The molecule has 78 valence electrons. The van der Waals surface area contributed by atoms with Crippen LogP contribution >= 0.6 is 0 Å². The van der Waals surface area contributed by atoms with E-state index >= 15 is 0 Å². The molecular weight excluding hydrogens is 192 g/mol. The molecule has 0 spiro atoms. The van der Waals surface area contributed by atoms with Gasteiger partial charge < -0.3 is 5.11 Å². The number of carbonyl (C=O) groups is 2. The largest absolute Gasteiger partial charge is 0.475 e. The fourth-order valence-corrected chi connectivity index (χ4v) is 1.25. The first kappa shape index (κ1) is 11.2. The monoisotopic (exact) mass is 204 g/mol. The predicted molar refractivity (Wildman–Crippen MR) is 57.6 cm³/mol. The van der Waals surface area contributed by atoms with E-state index < -0.39 is 11.8 Å². The molecule has 1 N–H and O–H groups in total. The quantitative estimate of drug-likeness (QED) is 0.605. The SMILES string of the molecule is Cc1ccc(/C=C/C(=O)C(=O)O)c(C)c1. The fraction of sp³-hybridized carbons (Fsp3) is 0.167. The number of carboxylic acids is 1. The van der Waals surface area contributed by atoms with Gasteiger partial charge in [0.05, 0.1) is 0 Å². The smallest absolute Gasteiger partial charge is 0.376 e. The average Bonchev–Trinajstić information content (AvgIpc) is 2.15. The Bertz CT molecular complexity index is 430. The fourth-order valence-electron chi connectivity index (χ4n) is 1.25. The van der Waals surface area contributed by atoms with Gasteiger partial charge in [-0.15, -0.1) is 0 Å². The van der Waals surface area contributed by atoms with Gasteiger partial charge in [-0.25, -0.2) is 4.79 Å². The van der Waals surface area contributed by atoms with Crippen molar-refractivity contribution in [1.82, 2.24) is 0 Å². The first-order chi connectivity index (χ1) is 7.00. The molecule has 0 heterocycles. The number of ketones is 1. The Kier molecular flexibility index (Phi) is 3.39. The second-order valence-corrected chi connectivity index (χ2v) is 3.36. The van der Waals surface area contributed by atoms with Crippen LogP contribution in [0.4, 0.5) is 0 Å². The molecule has 0 saturated heterocycles. The summed E-state index contributed by atoms with van der Waals surface area (Å²) in [4.78, 5) is 21.1. The Labute approximate surface area is 88.0 Å². The molecule has 1 aromatic rings. The lowest BCUT2D eigenvalue weighted by Gasteiger charge is -2.00. The van der Waals surface area contributed by atoms with Crippen LogP contribution in [0.1, 0.15) is 16.7 Å². The van der Waals surface area contributed by atoms with E-state index in [4.69, 9.17) is 5.11 Å². The maximum absolute atomic E-state index is 10.8. The molecule has 0 aromatic heterocycles. The average molecular weight is 204 g/mol. The van der Waals surface area contributed by atoms with Gasteiger partial charge in [-0.3, -0.25) is 4.79 Å². The molecule has 15 heavy (non-hydrogen) atoms. The third kappa shape index (κ3) is 3.06. The van der Waals surface area contributed by atoms with E-state index in [9.17, 15) is 9.59 Å². The summed E-state index contributed by atoms with van der Waals surface area (Å²) in [6.45, 7) is 3.89. The number of aryl methyl sites for hydroxylation is 2. The summed E-state index contributed by atoms with van der Waals surface area (Å²) in [5, 5.41) is 8.37. The highest BCUT2D eigenvalue weighted by atomic mass is 16.4. The summed E-state index contributed by atoms with van der Waals surface area (Å²) < 4.78 is 0. The van der Waals surface area contributed by atoms with Crippen molar-refractivity contribution >= 4 is 17.8 Å². The van der Waals surface area contributed by atoms with Gasteiger partial charge in [0.1, 0.15) is 0 Å². The van der Waals surface area contributed by atoms with Crippen LogP contribution in [0.25, 0.3) is 6.08 Å². The molecular formula is C12H12O3. The number of hydrogen-bond acceptors (Lipinski definition) is 2. The third-order valence-electron chi connectivity index (χ3n) is 2.05. The lowest BCUT2D eigenvalue weighted by atomic mass is 10.1. The molecule has 1 rings (SSSR count). The van der Waals surface area contributed by atoms with E-state index in [1.54, 1.807) is 0 Å². The molecule has 0 atom stereocenters. The van der Waals surface area contributed by atoms with E-state index in [0.29, 0.717) is 0 Å². The highest BCUT2D eigenvalue weighted by Crippen LogP contribution is 2.11. The number of carboxylic acid groups (broad SMARTS) is 1. The van der Waals surface area contributed by atoms with Gasteiger partial charge in [0.2, 0.25) is 0 Å². The Morgan fingerprint density at radius 1 is 1.27 bits per heavy atom. The zero-order valence-electron chi connectivity index (χ0n) is 8.65. The van der Waals surface area contributed by atoms with E-state index in [2.05, 4.69) is 0 Å². The second-order valence-electron chi connectivity index (χ2n) is 3.36. The molecule has 0 saturated carbocycles. The highest BCUT2D eigenvalue weighted by molar-refractivity contribution is 6.38. The van der Waals surface area contributed by atoms with Crippen LogP contribution in [0, 0.1) is 13.8 Å². The molecule has 0 aliphatic rings. The molecule has 3 nitrogen and oxygen atoms in total. The zero-order chi connectivity index (χ0) is 11.4. The van der Waals surface area contributed by atoms with Gasteiger partial charge in [0, 0.05) is 0 Å². The van der Waals surface area contributed by atoms with Crippen LogP contribution in [-0.2, 0) is 9.59 Å². The number of rotatable bonds is 3. The summed E-state index contributed by atoms with van der Waals surface area (Å²) in [5.41, 5.74) is 3.01. The van der Waals surface area contributed by atoms with E-state index in [1.165, 1.54) is 6.08 Å². The lowest BCUT2D eigenvalue weighted by Crippen LogP contribution is -2.08. The van der Waals surface area contributed by atoms with Crippen LogP contribution in [0.5, 0.6) is 0 Å². The van der Waals surface area contributed by atoms with Crippen LogP contribution in [-0.4, -0.2) is 16.9 Å². The van der Waals surface area contributed by atoms with Crippen molar-refractivity contribution in [3.05, 3.63) is 41.0 Å². The number of benzene rings is 1. The highest BCUT2D eigenvalue weighted by Gasteiger charge is 2.05. The Morgan fingerprint density at radius 2 is 1.93 bits per heavy atom. The summed E-state index contributed by atoms with van der Waals surface area (Å²) >= 11 is 0. The van der Waals surface area contributed by atoms with Crippen LogP contribution in [0.2, 0.25) is 0 Å². The summed E-state index contributed by atoms with van der Waals surface area (Å²) in [7, 11) is 0. The van der Waals surface area contributed by atoms with E-state index in [-0.39, 0.29) is 0 Å². The van der Waals surface area contributed by atoms with Crippen molar-refractivity contribution in [2.75, 3.05) is 0 Å². The van der Waals surface area contributed by atoms with Crippen LogP contribution in [0.15, 0.2) is 24.3 Å². The zero-order valence-corrected chi connectivity index (χ0v) is 8.65. The Hall–Kier alpha value is -1.90. The van der Waals surface area contributed by atoms with Crippen LogP contribution in [0.3, 0.4) is 0 Å². The Balaban J connectivity index is 2.90. The number of hydrogen-bond donors (Lipinski definition) is 1. The number of carbonyl (C=O) groups excluding carboxylic acids is 1. The number of aliphatic carboxylic acids is 1. The predicted octanol–water partition coefficient (Wildman–Crippen LogP) is 1.97. The first-order valence-corrected chi connectivity index (χ1v) is 4.53. The van der Waals surface area contributed by atoms with Crippen molar-refractivity contribution in [3.63, 3.8) is 0 Å². The maximum Gasteiger partial charge on any atom is 0.376 e. The van der Waals surface area contributed by atoms with E-state index in [0.717, 1.165) is 22.8 Å². The normalized spacial score (nSPS) is 10.5. The van der Waals surface area contributed by atoms with Gasteiger partial charge >= 0.3 is 5.97 Å². The molecule has 0 unspecified atom stereocenters. The molecule has 3 heteroatoms. The van der Waals surface area contributed by atoms with Crippen molar-refractivity contribution in [1.29, 1.82) is 0 Å². The molecule has 0 bridgehead atoms. The van der Waals surface area contributed by atoms with Crippen molar-refractivity contribution in [2.24, 2.45) is 0 Å². The van der Waals surface area contributed by atoms with E-state index in [1.807, 2.05) is 32.0 Å². The maximum atomic E-state index is 10.8. The topological polar surface area (TPSA) is 54.4 Å². The van der Waals surface area contributed by atoms with Gasteiger partial charge in [0.25, 0.3) is 5.78 Å². The van der Waals surface area contributed by atoms with Crippen molar-refractivity contribution in [2.45, 2.75) is 13.8 Å². The molecule has 1 aromatic carbocycles. The van der Waals surface area contributed by atoms with Gasteiger partial charge in [-0.2, -0.15) is 0 Å². The molecule has 0 amide bonds. The Morgan fingerprint density at radius 3 is 2.47 bits per heavy atom. The minimum Gasteiger partial charge on any atom is -0.475 e. The molecule has 0 aliphatic heterocycles. The minimum atomic E-state index is -1.43. The summed E-state index contributed by atoms with van der Waals surface area (Å²) in [6.07, 6.45) is 2.59. The van der Waals surface area contributed by atoms with Crippen molar-refractivity contribution in [3.8, 4) is 0 Å². The summed E-state index contributed by atoms with van der Waals surface area (Å²) in [6, 6.07) is 5.75. The van der Waals surface area contributed by atoms with Gasteiger partial charge in [-0.05, 0) is 31.1 Å². The molecule has 0 fully saturated rings. The molecule has 0 radical (unpaired) electrons. The second kappa shape index (κ2) is 4.55. The summed E-state index contributed by atoms with van der Waals surface area (Å²) in [5.74, 6) is -2.34. The first-order valence-electron chi connectivity index (χ1n) is 4.53. The standard InChI is InChI=1S/C12H12O3/c1-8-3-4-10(9(2)7-8)5-6-11(13)12(14)15/h3-7H,1-2H3,(H,14,15)/b6-5+. The minimum absolute atomic E-state index is 0.857. The lowest BCUT2D eigenvalue weighted by molar-refractivity contribution is -0.146. The third-order valence-corrected chi connectivity index (χ3v) is 2.05. The van der Waals surface area contributed by atoms with Gasteiger partial charge in [0.15, 0.2) is 0 Å².